The van der Waals surface area contributed by atoms with Crippen LogP contribution in [0.3, 0.4) is 0 Å². The van der Waals surface area contributed by atoms with Crippen LogP contribution >= 0.6 is 23.8 Å². The van der Waals surface area contributed by atoms with Gasteiger partial charge in [0.25, 0.3) is 0 Å². The van der Waals surface area contributed by atoms with E-state index in [-0.39, 0.29) is 0 Å². The Kier molecular flexibility index (Phi) is 6.26. The highest BCUT2D eigenvalue weighted by Crippen LogP contribution is 2.19. The second kappa shape index (κ2) is 8.84. The standard InChI is InChI=1S/C22H20ClNOS/c1-16-7-2-3-8-18(16)14-24-22(26)17-10-6-11-20(13-17)25-15-19-9-4-5-12-21(19)23/h2-13H,14-15H2,1H3,(H,24,26). The maximum absolute atomic E-state index is 6.17. The van der Waals surface area contributed by atoms with Gasteiger partial charge in [-0.25, -0.2) is 0 Å². The van der Waals surface area contributed by atoms with E-state index in [0.29, 0.717) is 23.2 Å². The lowest BCUT2D eigenvalue weighted by atomic mass is 10.1. The van der Waals surface area contributed by atoms with Crippen LogP contribution in [0.2, 0.25) is 5.02 Å². The minimum absolute atomic E-state index is 0.423. The number of hydrogen-bond donors (Lipinski definition) is 1. The summed E-state index contributed by atoms with van der Waals surface area (Å²) in [6.07, 6.45) is 0. The molecule has 4 heteroatoms. The quantitative estimate of drug-likeness (QED) is 0.554. The zero-order chi connectivity index (χ0) is 18.4. The molecule has 3 rings (SSSR count). The molecule has 3 aromatic rings. The van der Waals surface area contributed by atoms with Gasteiger partial charge >= 0.3 is 0 Å². The van der Waals surface area contributed by atoms with Gasteiger partial charge in [-0.15, -0.1) is 0 Å². The fourth-order valence-electron chi connectivity index (χ4n) is 2.59. The summed E-state index contributed by atoms with van der Waals surface area (Å²) in [6, 6.07) is 23.8. The third kappa shape index (κ3) is 4.84. The first-order valence-corrected chi connectivity index (χ1v) is 9.21. The van der Waals surface area contributed by atoms with Crippen molar-refractivity contribution >= 4 is 28.8 Å². The highest BCUT2D eigenvalue weighted by molar-refractivity contribution is 7.80. The Morgan fingerprint density at radius 2 is 1.69 bits per heavy atom. The number of hydrogen-bond acceptors (Lipinski definition) is 2. The highest BCUT2D eigenvalue weighted by atomic mass is 35.5. The normalized spacial score (nSPS) is 10.4. The van der Waals surface area contributed by atoms with E-state index in [1.54, 1.807) is 0 Å². The fraction of sp³-hybridized carbons (Fsp3) is 0.136. The second-order valence-electron chi connectivity index (χ2n) is 6.02. The lowest BCUT2D eigenvalue weighted by Gasteiger charge is -2.12. The van der Waals surface area contributed by atoms with Gasteiger partial charge in [0, 0.05) is 22.7 Å². The molecule has 0 spiro atoms. The van der Waals surface area contributed by atoms with Gasteiger partial charge in [-0.05, 0) is 36.2 Å². The van der Waals surface area contributed by atoms with E-state index in [1.165, 1.54) is 11.1 Å². The lowest BCUT2D eigenvalue weighted by Crippen LogP contribution is -2.22. The fourth-order valence-corrected chi connectivity index (χ4v) is 2.98. The molecular formula is C22H20ClNOS. The van der Waals surface area contributed by atoms with E-state index < -0.39 is 0 Å². The van der Waals surface area contributed by atoms with Crippen LogP contribution in [-0.2, 0) is 13.2 Å². The van der Waals surface area contributed by atoms with Crippen molar-refractivity contribution in [1.82, 2.24) is 5.32 Å². The molecule has 0 bridgehead atoms. The molecule has 0 aliphatic rings. The predicted octanol–water partition coefficient (Wildman–Crippen LogP) is 5.69. The zero-order valence-electron chi connectivity index (χ0n) is 14.5. The van der Waals surface area contributed by atoms with Crippen molar-refractivity contribution in [1.29, 1.82) is 0 Å². The lowest BCUT2D eigenvalue weighted by molar-refractivity contribution is 0.306. The summed E-state index contributed by atoms with van der Waals surface area (Å²) in [7, 11) is 0. The molecule has 0 aliphatic heterocycles. The summed E-state index contributed by atoms with van der Waals surface area (Å²) < 4.78 is 5.87. The summed E-state index contributed by atoms with van der Waals surface area (Å²) in [5.74, 6) is 0.766. The number of halogens is 1. The molecule has 0 saturated heterocycles. The average molecular weight is 382 g/mol. The summed E-state index contributed by atoms with van der Waals surface area (Å²) in [4.78, 5) is 0.705. The van der Waals surface area contributed by atoms with Crippen LogP contribution in [0.25, 0.3) is 0 Å². The van der Waals surface area contributed by atoms with Gasteiger partial charge in [0.1, 0.15) is 17.3 Å². The van der Waals surface area contributed by atoms with Gasteiger partial charge < -0.3 is 10.1 Å². The van der Waals surface area contributed by atoms with E-state index in [4.69, 9.17) is 28.6 Å². The number of benzene rings is 3. The first kappa shape index (κ1) is 18.4. The van der Waals surface area contributed by atoms with Crippen molar-refractivity contribution in [3.05, 3.63) is 100 Å². The molecule has 2 nitrogen and oxygen atoms in total. The molecule has 26 heavy (non-hydrogen) atoms. The molecule has 0 aromatic heterocycles. The van der Waals surface area contributed by atoms with Gasteiger partial charge in [0.2, 0.25) is 0 Å². The Balaban J connectivity index is 1.62. The van der Waals surface area contributed by atoms with E-state index in [9.17, 15) is 0 Å². The maximum Gasteiger partial charge on any atom is 0.120 e. The number of ether oxygens (including phenoxy) is 1. The molecule has 3 aromatic carbocycles. The third-order valence-corrected chi connectivity index (χ3v) is 4.90. The number of thiocarbonyl (C=S) groups is 1. The van der Waals surface area contributed by atoms with E-state index in [0.717, 1.165) is 16.9 Å². The average Bonchev–Trinajstić information content (AvgIpc) is 2.67. The Labute approximate surface area is 164 Å². The first-order chi connectivity index (χ1) is 12.6. The summed E-state index contributed by atoms with van der Waals surface area (Å²) in [6.45, 7) is 3.23. The van der Waals surface area contributed by atoms with Crippen molar-refractivity contribution in [3.8, 4) is 5.75 Å². The predicted molar refractivity (Wildman–Crippen MR) is 112 cm³/mol. The highest BCUT2D eigenvalue weighted by Gasteiger charge is 2.05. The van der Waals surface area contributed by atoms with Gasteiger partial charge in [0.05, 0.1) is 0 Å². The molecular weight excluding hydrogens is 362 g/mol. The van der Waals surface area contributed by atoms with Gasteiger partial charge in [-0.3, -0.25) is 0 Å². The van der Waals surface area contributed by atoms with Crippen molar-refractivity contribution in [2.75, 3.05) is 0 Å². The number of nitrogens with one attached hydrogen (secondary N) is 1. The number of aryl methyl sites for hydroxylation is 1. The second-order valence-corrected chi connectivity index (χ2v) is 6.83. The summed E-state index contributed by atoms with van der Waals surface area (Å²) >= 11 is 11.7. The molecule has 1 N–H and O–H groups in total. The smallest absolute Gasteiger partial charge is 0.120 e. The van der Waals surface area contributed by atoms with Crippen molar-refractivity contribution in [2.45, 2.75) is 20.1 Å². The molecule has 0 amide bonds. The Morgan fingerprint density at radius 1 is 0.962 bits per heavy atom. The molecule has 0 aliphatic carbocycles. The van der Waals surface area contributed by atoms with Crippen molar-refractivity contribution in [2.24, 2.45) is 0 Å². The van der Waals surface area contributed by atoms with Crippen LogP contribution < -0.4 is 10.1 Å². The van der Waals surface area contributed by atoms with Gasteiger partial charge in [0.15, 0.2) is 0 Å². The molecule has 0 saturated carbocycles. The zero-order valence-corrected chi connectivity index (χ0v) is 16.1. The van der Waals surface area contributed by atoms with Crippen LogP contribution in [0.4, 0.5) is 0 Å². The minimum atomic E-state index is 0.423. The van der Waals surface area contributed by atoms with Gasteiger partial charge in [-0.2, -0.15) is 0 Å². The Bertz CT molecular complexity index is 910. The minimum Gasteiger partial charge on any atom is -0.489 e. The van der Waals surface area contributed by atoms with Crippen LogP contribution in [0, 0.1) is 6.92 Å². The van der Waals surface area contributed by atoms with Crippen molar-refractivity contribution < 1.29 is 4.74 Å². The van der Waals surface area contributed by atoms with E-state index in [2.05, 4.69) is 24.4 Å². The first-order valence-electron chi connectivity index (χ1n) is 8.42. The van der Waals surface area contributed by atoms with Crippen LogP contribution in [-0.4, -0.2) is 4.99 Å². The maximum atomic E-state index is 6.17. The topological polar surface area (TPSA) is 21.3 Å². The largest absolute Gasteiger partial charge is 0.489 e. The molecule has 0 atom stereocenters. The molecule has 0 heterocycles. The Hall–Kier alpha value is -2.36. The van der Waals surface area contributed by atoms with Crippen molar-refractivity contribution in [3.63, 3.8) is 0 Å². The van der Waals surface area contributed by atoms with Crippen LogP contribution in [0.5, 0.6) is 5.75 Å². The monoisotopic (exact) mass is 381 g/mol. The molecule has 0 unspecified atom stereocenters. The van der Waals surface area contributed by atoms with E-state index >= 15 is 0 Å². The third-order valence-electron chi connectivity index (χ3n) is 4.15. The van der Waals surface area contributed by atoms with Crippen LogP contribution in [0.1, 0.15) is 22.3 Å². The molecule has 0 radical (unpaired) electrons. The van der Waals surface area contributed by atoms with E-state index in [1.807, 2.05) is 60.7 Å². The Morgan fingerprint density at radius 3 is 2.46 bits per heavy atom. The van der Waals surface area contributed by atoms with Gasteiger partial charge in [-0.1, -0.05) is 78.4 Å². The molecule has 0 fully saturated rings. The summed E-state index contributed by atoms with van der Waals surface area (Å²) in [5.41, 5.74) is 4.38. The summed E-state index contributed by atoms with van der Waals surface area (Å²) in [5, 5.41) is 4.03. The number of rotatable bonds is 6. The van der Waals surface area contributed by atoms with Crippen LogP contribution in [0.15, 0.2) is 72.8 Å². The SMILES string of the molecule is Cc1ccccc1CNC(=S)c1cccc(OCc2ccccc2Cl)c1. The molecule has 132 valence electrons.